The maximum atomic E-state index is 11.6. The van der Waals surface area contributed by atoms with E-state index in [2.05, 4.69) is 5.32 Å². The lowest BCUT2D eigenvalue weighted by Gasteiger charge is -2.14. The summed E-state index contributed by atoms with van der Waals surface area (Å²) < 4.78 is 5.17. The van der Waals surface area contributed by atoms with Crippen LogP contribution in [0, 0.1) is 0 Å². The largest absolute Gasteiger partial charge is 0.467 e. The van der Waals surface area contributed by atoms with Gasteiger partial charge in [0.25, 0.3) is 0 Å². The fourth-order valence-corrected chi connectivity index (χ4v) is 1.31. The summed E-state index contributed by atoms with van der Waals surface area (Å²) in [4.78, 5) is 11.6. The Morgan fingerprint density at radius 2 is 2.43 bits per heavy atom. The number of carbonyl (C=O) groups excluding carboxylic acids is 1. The second-order valence-corrected chi connectivity index (χ2v) is 3.87. The fraction of sp³-hybridized carbons (Fsp3) is 0.500. The molecule has 3 N–H and O–H groups in total. The predicted octanol–water partition coefficient (Wildman–Crippen LogP) is 0.948. The molecule has 1 aromatic rings. The molecule has 2 rings (SSSR count). The molecular formula is C10H14N2O2. The van der Waals surface area contributed by atoms with Crippen molar-refractivity contribution in [3.63, 3.8) is 0 Å². The molecule has 0 aliphatic heterocycles. The highest BCUT2D eigenvalue weighted by atomic mass is 16.3. The van der Waals surface area contributed by atoms with Gasteiger partial charge in [-0.15, -0.1) is 0 Å². The predicted molar refractivity (Wildman–Crippen MR) is 51.4 cm³/mol. The van der Waals surface area contributed by atoms with Crippen molar-refractivity contribution in [2.75, 3.05) is 0 Å². The van der Waals surface area contributed by atoms with Gasteiger partial charge in [0, 0.05) is 0 Å². The summed E-state index contributed by atoms with van der Waals surface area (Å²) in [6.45, 7) is 1.88. The Kier molecular flexibility index (Phi) is 2.07. The van der Waals surface area contributed by atoms with Gasteiger partial charge >= 0.3 is 0 Å². The first-order chi connectivity index (χ1) is 6.62. The van der Waals surface area contributed by atoms with E-state index in [0.717, 1.165) is 18.6 Å². The van der Waals surface area contributed by atoms with Crippen LogP contribution < -0.4 is 11.1 Å². The van der Waals surface area contributed by atoms with Crippen LogP contribution in [-0.2, 0) is 4.79 Å². The Labute approximate surface area is 82.5 Å². The quantitative estimate of drug-likeness (QED) is 0.752. The Balaban J connectivity index is 1.95. The second kappa shape index (κ2) is 3.13. The first-order valence-corrected chi connectivity index (χ1v) is 4.75. The van der Waals surface area contributed by atoms with Gasteiger partial charge in [0.1, 0.15) is 5.76 Å². The molecule has 1 fully saturated rings. The van der Waals surface area contributed by atoms with Crippen molar-refractivity contribution in [2.24, 2.45) is 5.73 Å². The second-order valence-electron chi connectivity index (χ2n) is 3.87. The van der Waals surface area contributed by atoms with Crippen LogP contribution in [0.4, 0.5) is 0 Å². The lowest BCUT2D eigenvalue weighted by molar-refractivity contribution is -0.124. The molecule has 4 nitrogen and oxygen atoms in total. The van der Waals surface area contributed by atoms with Gasteiger partial charge in [-0.3, -0.25) is 4.79 Å². The molecule has 1 heterocycles. The summed E-state index contributed by atoms with van der Waals surface area (Å²) in [6.07, 6.45) is 3.15. The Morgan fingerprint density at radius 3 is 2.93 bits per heavy atom. The SMILES string of the molecule is C[C@H](NC(=O)C1(N)CC1)c1ccco1. The highest BCUT2D eigenvalue weighted by Gasteiger charge is 2.46. The van der Waals surface area contributed by atoms with Crippen LogP contribution in [0.15, 0.2) is 22.8 Å². The van der Waals surface area contributed by atoms with Crippen LogP contribution in [0.25, 0.3) is 0 Å². The Morgan fingerprint density at radius 1 is 1.71 bits per heavy atom. The van der Waals surface area contributed by atoms with E-state index in [4.69, 9.17) is 10.2 Å². The van der Waals surface area contributed by atoms with Gasteiger partial charge in [0.05, 0.1) is 17.8 Å². The molecule has 1 aromatic heterocycles. The molecule has 0 saturated heterocycles. The molecule has 0 spiro atoms. The van der Waals surface area contributed by atoms with Crippen molar-refractivity contribution < 1.29 is 9.21 Å². The minimum atomic E-state index is -0.610. The molecule has 76 valence electrons. The smallest absolute Gasteiger partial charge is 0.240 e. The Bertz CT molecular complexity index is 328. The summed E-state index contributed by atoms with van der Waals surface area (Å²) in [6, 6.07) is 3.52. The number of nitrogens with one attached hydrogen (secondary N) is 1. The summed E-state index contributed by atoms with van der Waals surface area (Å²) in [5.41, 5.74) is 5.14. The minimum absolute atomic E-state index is 0.0820. The van der Waals surface area contributed by atoms with E-state index < -0.39 is 5.54 Å². The highest BCUT2D eigenvalue weighted by Crippen LogP contribution is 2.32. The maximum Gasteiger partial charge on any atom is 0.240 e. The monoisotopic (exact) mass is 194 g/mol. The number of hydrogen-bond acceptors (Lipinski definition) is 3. The molecule has 0 bridgehead atoms. The minimum Gasteiger partial charge on any atom is -0.467 e. The summed E-state index contributed by atoms with van der Waals surface area (Å²) >= 11 is 0. The average Bonchev–Trinajstić information content (AvgIpc) is 2.71. The van der Waals surface area contributed by atoms with Gasteiger partial charge < -0.3 is 15.5 Å². The maximum absolute atomic E-state index is 11.6. The summed E-state index contributed by atoms with van der Waals surface area (Å²) in [5, 5.41) is 2.83. The average molecular weight is 194 g/mol. The number of furan rings is 1. The zero-order valence-electron chi connectivity index (χ0n) is 8.12. The summed E-state index contributed by atoms with van der Waals surface area (Å²) in [5.74, 6) is 0.670. The molecule has 4 heteroatoms. The van der Waals surface area contributed by atoms with Crippen LogP contribution in [0.3, 0.4) is 0 Å². The van der Waals surface area contributed by atoms with Crippen LogP contribution in [0.2, 0.25) is 0 Å². The van der Waals surface area contributed by atoms with Gasteiger partial charge in [-0.1, -0.05) is 0 Å². The topological polar surface area (TPSA) is 68.3 Å². The van der Waals surface area contributed by atoms with Crippen molar-refractivity contribution in [3.05, 3.63) is 24.2 Å². The number of carbonyl (C=O) groups is 1. The number of nitrogens with two attached hydrogens (primary N) is 1. The fourth-order valence-electron chi connectivity index (χ4n) is 1.31. The normalized spacial score (nSPS) is 20.1. The molecule has 0 aromatic carbocycles. The molecule has 1 aliphatic carbocycles. The number of hydrogen-bond donors (Lipinski definition) is 2. The van der Waals surface area contributed by atoms with E-state index >= 15 is 0 Å². The lowest BCUT2D eigenvalue weighted by atomic mass is 10.2. The van der Waals surface area contributed by atoms with Crippen molar-refractivity contribution in [3.8, 4) is 0 Å². The van der Waals surface area contributed by atoms with Gasteiger partial charge in [-0.2, -0.15) is 0 Å². The lowest BCUT2D eigenvalue weighted by Crippen LogP contribution is -2.43. The van der Waals surface area contributed by atoms with Crippen LogP contribution in [-0.4, -0.2) is 11.4 Å². The van der Waals surface area contributed by atoms with Gasteiger partial charge in [0.2, 0.25) is 5.91 Å². The molecule has 0 radical (unpaired) electrons. The van der Waals surface area contributed by atoms with Crippen molar-refractivity contribution >= 4 is 5.91 Å². The molecule has 1 atom stereocenters. The van der Waals surface area contributed by atoms with E-state index in [-0.39, 0.29) is 11.9 Å². The molecule has 14 heavy (non-hydrogen) atoms. The van der Waals surface area contributed by atoms with E-state index in [0.29, 0.717) is 0 Å². The van der Waals surface area contributed by atoms with E-state index in [1.54, 1.807) is 12.3 Å². The molecule has 0 unspecified atom stereocenters. The standard InChI is InChI=1S/C10H14N2O2/c1-7(8-3-2-6-14-8)12-9(13)10(11)4-5-10/h2-3,6-7H,4-5,11H2,1H3,(H,12,13)/t7-/m0/s1. The highest BCUT2D eigenvalue weighted by molar-refractivity contribution is 5.89. The van der Waals surface area contributed by atoms with Crippen LogP contribution >= 0.6 is 0 Å². The zero-order valence-corrected chi connectivity index (χ0v) is 8.12. The third-order valence-electron chi connectivity index (χ3n) is 2.56. The van der Waals surface area contributed by atoms with E-state index in [9.17, 15) is 4.79 Å². The Hall–Kier alpha value is -1.29. The number of rotatable bonds is 3. The van der Waals surface area contributed by atoms with Crippen LogP contribution in [0.5, 0.6) is 0 Å². The molecular weight excluding hydrogens is 180 g/mol. The van der Waals surface area contributed by atoms with Gasteiger partial charge in [-0.25, -0.2) is 0 Å². The van der Waals surface area contributed by atoms with Crippen molar-refractivity contribution in [1.82, 2.24) is 5.32 Å². The first-order valence-electron chi connectivity index (χ1n) is 4.75. The van der Waals surface area contributed by atoms with Gasteiger partial charge in [0.15, 0.2) is 0 Å². The third-order valence-corrected chi connectivity index (χ3v) is 2.56. The number of amides is 1. The summed E-state index contributed by atoms with van der Waals surface area (Å²) in [7, 11) is 0. The third kappa shape index (κ3) is 1.65. The molecule has 1 saturated carbocycles. The van der Waals surface area contributed by atoms with E-state index in [1.165, 1.54) is 0 Å². The van der Waals surface area contributed by atoms with Crippen molar-refractivity contribution in [1.29, 1.82) is 0 Å². The molecule has 1 aliphatic rings. The van der Waals surface area contributed by atoms with Crippen molar-refractivity contribution in [2.45, 2.75) is 31.3 Å². The van der Waals surface area contributed by atoms with E-state index in [1.807, 2.05) is 13.0 Å². The zero-order chi connectivity index (χ0) is 10.2. The van der Waals surface area contributed by atoms with Crippen LogP contribution in [0.1, 0.15) is 31.6 Å². The van der Waals surface area contributed by atoms with Gasteiger partial charge in [-0.05, 0) is 31.9 Å². The molecule has 1 amide bonds. The first kappa shape index (κ1) is 9.27.